The molecule has 0 fully saturated rings. The summed E-state index contributed by atoms with van der Waals surface area (Å²) in [6, 6.07) is 19.6. The van der Waals surface area contributed by atoms with Gasteiger partial charge in [-0.2, -0.15) is 0 Å². The van der Waals surface area contributed by atoms with Crippen LogP contribution in [0.2, 0.25) is 0 Å². The van der Waals surface area contributed by atoms with Crippen molar-refractivity contribution in [3.8, 4) is 5.88 Å². The van der Waals surface area contributed by atoms with Crippen molar-refractivity contribution in [2.24, 2.45) is 0 Å². The second-order valence-corrected chi connectivity index (χ2v) is 4.87. The molecule has 0 saturated carbocycles. The minimum atomic E-state index is -0.491. The van der Waals surface area contributed by atoms with Crippen LogP contribution in [0.1, 0.15) is 11.1 Å². The Morgan fingerprint density at radius 3 is 1.67 bits per heavy atom. The normalized spacial score (nSPS) is 9.04. The molecule has 0 unspecified atom stereocenters. The molecule has 0 aliphatic carbocycles. The number of pyridine rings is 1. The Morgan fingerprint density at radius 1 is 0.750 bits per heavy atom. The number of methoxy groups -OCH3 is 1. The van der Waals surface area contributed by atoms with E-state index in [1.54, 1.807) is 19.4 Å². The van der Waals surface area contributed by atoms with Gasteiger partial charge in [-0.05, 0) is 32.0 Å². The van der Waals surface area contributed by atoms with Gasteiger partial charge < -0.3 is 4.74 Å². The summed E-state index contributed by atoms with van der Waals surface area (Å²) in [5, 5.41) is 0. The number of ether oxygens (including phenoxy) is 1. The van der Waals surface area contributed by atoms with Crippen molar-refractivity contribution in [2.45, 2.75) is 13.8 Å². The highest BCUT2D eigenvalue weighted by atomic mass is 19.1. The summed E-state index contributed by atoms with van der Waals surface area (Å²) in [6.07, 6.45) is 1.69. The van der Waals surface area contributed by atoms with Crippen LogP contribution in [0.4, 0.5) is 8.78 Å². The molecule has 0 bridgehead atoms. The summed E-state index contributed by atoms with van der Waals surface area (Å²) in [4.78, 5) is 3.88. The first-order valence-corrected chi connectivity index (χ1v) is 7.42. The van der Waals surface area contributed by atoms with E-state index in [-0.39, 0.29) is 5.56 Å². The Hall–Kier alpha value is -2.75. The van der Waals surface area contributed by atoms with Gasteiger partial charge >= 0.3 is 0 Å². The van der Waals surface area contributed by atoms with E-state index < -0.39 is 11.6 Å². The lowest BCUT2D eigenvalue weighted by atomic mass is 10.2. The Balaban J connectivity index is 0.000000181. The highest BCUT2D eigenvalue weighted by molar-refractivity contribution is 5.17. The van der Waals surface area contributed by atoms with Gasteiger partial charge in [0.15, 0.2) is 0 Å². The fourth-order valence-electron chi connectivity index (χ4n) is 1.58. The van der Waals surface area contributed by atoms with E-state index in [4.69, 9.17) is 4.74 Å². The zero-order valence-corrected chi connectivity index (χ0v) is 14.0. The molecule has 0 aliphatic rings. The van der Waals surface area contributed by atoms with E-state index in [9.17, 15) is 8.78 Å². The van der Waals surface area contributed by atoms with Crippen molar-refractivity contribution in [3.63, 3.8) is 0 Å². The van der Waals surface area contributed by atoms with E-state index in [0.717, 1.165) is 0 Å². The molecule has 2 aromatic carbocycles. The van der Waals surface area contributed by atoms with Crippen molar-refractivity contribution in [3.05, 3.63) is 95.7 Å². The quantitative estimate of drug-likeness (QED) is 0.600. The van der Waals surface area contributed by atoms with Gasteiger partial charge in [-0.25, -0.2) is 13.8 Å². The molecule has 0 aliphatic heterocycles. The first-order valence-electron chi connectivity index (χ1n) is 7.42. The van der Waals surface area contributed by atoms with Crippen molar-refractivity contribution in [1.82, 2.24) is 4.98 Å². The molecule has 0 saturated heterocycles. The van der Waals surface area contributed by atoms with Crippen LogP contribution in [0.15, 0.2) is 72.9 Å². The fourth-order valence-corrected chi connectivity index (χ4v) is 1.58. The van der Waals surface area contributed by atoms with E-state index in [1.807, 2.05) is 30.3 Å². The SMILES string of the molecule is COc1ccccn1.Cc1c(F)cccc1F.Cc1ccccc1. The van der Waals surface area contributed by atoms with Gasteiger partial charge in [0.1, 0.15) is 11.6 Å². The Kier molecular flexibility index (Phi) is 8.76. The van der Waals surface area contributed by atoms with Crippen LogP contribution in [-0.2, 0) is 0 Å². The van der Waals surface area contributed by atoms with Gasteiger partial charge in [-0.1, -0.05) is 48.0 Å². The minimum absolute atomic E-state index is 0.0810. The van der Waals surface area contributed by atoms with Crippen LogP contribution in [-0.4, -0.2) is 12.1 Å². The number of aromatic nitrogens is 1. The summed E-state index contributed by atoms with van der Waals surface area (Å²) in [5.41, 5.74) is 1.40. The van der Waals surface area contributed by atoms with E-state index in [0.29, 0.717) is 5.88 Å². The largest absolute Gasteiger partial charge is 0.481 e. The smallest absolute Gasteiger partial charge is 0.212 e. The zero-order valence-electron chi connectivity index (χ0n) is 14.0. The number of hydrogen-bond acceptors (Lipinski definition) is 2. The summed E-state index contributed by atoms with van der Waals surface area (Å²) < 4.78 is 29.5. The first kappa shape index (κ1) is 19.3. The van der Waals surface area contributed by atoms with Crippen LogP contribution in [0.5, 0.6) is 5.88 Å². The molecular weight excluding hydrogens is 308 g/mol. The number of hydrogen-bond donors (Lipinski definition) is 0. The lowest BCUT2D eigenvalue weighted by Crippen LogP contribution is -1.85. The fraction of sp³-hybridized carbons (Fsp3) is 0.150. The van der Waals surface area contributed by atoms with Gasteiger partial charge in [0.25, 0.3) is 0 Å². The molecule has 0 radical (unpaired) electrons. The maximum atomic E-state index is 12.3. The summed E-state index contributed by atoms with van der Waals surface area (Å²) in [5.74, 6) is -0.322. The minimum Gasteiger partial charge on any atom is -0.481 e. The molecule has 3 aromatic rings. The molecule has 126 valence electrons. The lowest BCUT2D eigenvalue weighted by molar-refractivity contribution is 0.398. The zero-order chi connectivity index (χ0) is 17.8. The monoisotopic (exact) mass is 329 g/mol. The van der Waals surface area contributed by atoms with E-state index in [2.05, 4.69) is 24.0 Å². The predicted molar refractivity (Wildman–Crippen MR) is 93.1 cm³/mol. The van der Waals surface area contributed by atoms with Crippen LogP contribution in [0.25, 0.3) is 0 Å². The van der Waals surface area contributed by atoms with Crippen LogP contribution >= 0.6 is 0 Å². The summed E-state index contributed by atoms with van der Waals surface area (Å²) in [7, 11) is 1.60. The molecule has 3 rings (SSSR count). The third-order valence-electron chi connectivity index (χ3n) is 2.99. The second kappa shape index (κ2) is 10.9. The van der Waals surface area contributed by atoms with Crippen molar-refractivity contribution < 1.29 is 13.5 Å². The average molecular weight is 329 g/mol. The lowest BCUT2D eigenvalue weighted by Gasteiger charge is -1.94. The number of nitrogens with zero attached hydrogens (tertiary/aromatic N) is 1. The second-order valence-electron chi connectivity index (χ2n) is 4.87. The van der Waals surface area contributed by atoms with E-state index in [1.165, 1.54) is 30.7 Å². The molecule has 1 aromatic heterocycles. The Morgan fingerprint density at radius 2 is 1.33 bits per heavy atom. The molecular formula is C20H21F2NO. The van der Waals surface area contributed by atoms with Gasteiger partial charge in [0.2, 0.25) is 5.88 Å². The van der Waals surface area contributed by atoms with Crippen molar-refractivity contribution >= 4 is 0 Å². The molecule has 4 heteroatoms. The van der Waals surface area contributed by atoms with Gasteiger partial charge in [0.05, 0.1) is 7.11 Å². The van der Waals surface area contributed by atoms with Crippen molar-refractivity contribution in [2.75, 3.05) is 7.11 Å². The number of rotatable bonds is 1. The maximum Gasteiger partial charge on any atom is 0.212 e. The van der Waals surface area contributed by atoms with E-state index >= 15 is 0 Å². The number of halogens is 2. The number of aryl methyl sites for hydroxylation is 1. The van der Waals surface area contributed by atoms with Crippen LogP contribution in [0.3, 0.4) is 0 Å². The third kappa shape index (κ3) is 7.49. The summed E-state index contributed by atoms with van der Waals surface area (Å²) in [6.45, 7) is 3.49. The van der Waals surface area contributed by atoms with Gasteiger partial charge in [-0.15, -0.1) is 0 Å². The highest BCUT2D eigenvalue weighted by Crippen LogP contribution is 2.08. The average Bonchev–Trinajstić information content (AvgIpc) is 2.62. The first-order chi connectivity index (χ1) is 11.5. The maximum absolute atomic E-state index is 12.3. The van der Waals surface area contributed by atoms with Crippen molar-refractivity contribution in [1.29, 1.82) is 0 Å². The Bertz CT molecular complexity index is 683. The molecule has 0 atom stereocenters. The molecule has 0 N–H and O–H groups in total. The van der Waals surface area contributed by atoms with Gasteiger partial charge in [0, 0.05) is 17.8 Å². The highest BCUT2D eigenvalue weighted by Gasteiger charge is 1.99. The standard InChI is InChI=1S/C7H6F2.C7H8.C6H7NO/c1-5-6(8)3-2-4-7(5)9;1-7-5-3-2-4-6-7;1-8-6-4-2-3-5-7-6/h2-4H,1H3;2-6H,1H3;2-5H,1H3. The molecule has 2 nitrogen and oxygen atoms in total. The Labute approximate surface area is 141 Å². The van der Waals surface area contributed by atoms with Crippen LogP contribution < -0.4 is 4.74 Å². The number of benzene rings is 2. The molecule has 1 heterocycles. The third-order valence-corrected chi connectivity index (χ3v) is 2.99. The van der Waals surface area contributed by atoms with Gasteiger partial charge in [-0.3, -0.25) is 0 Å². The molecule has 24 heavy (non-hydrogen) atoms. The predicted octanol–water partition coefficient (Wildman–Crippen LogP) is 5.36. The molecule has 0 spiro atoms. The summed E-state index contributed by atoms with van der Waals surface area (Å²) >= 11 is 0. The molecule has 0 amide bonds. The topological polar surface area (TPSA) is 22.1 Å². The van der Waals surface area contributed by atoms with Crippen LogP contribution in [0, 0.1) is 25.5 Å².